The van der Waals surface area contributed by atoms with Crippen LogP contribution in [0.1, 0.15) is 27.2 Å². The maximum atomic E-state index is 12.7. The average Bonchev–Trinajstić information content (AvgIpc) is 3.28. The molecule has 5 heteroatoms. The lowest BCUT2D eigenvalue weighted by Gasteiger charge is -2.12. The molecule has 0 aliphatic carbocycles. The van der Waals surface area contributed by atoms with Gasteiger partial charge in [0.2, 0.25) is 0 Å². The molecule has 0 bridgehead atoms. The predicted octanol–water partition coefficient (Wildman–Crippen LogP) is 5.57. The van der Waals surface area contributed by atoms with Crippen molar-refractivity contribution in [2.24, 2.45) is 0 Å². The summed E-state index contributed by atoms with van der Waals surface area (Å²) < 4.78 is 5.70. The molecule has 0 fully saturated rings. The Hall–Kier alpha value is -3.44. The minimum atomic E-state index is -0.142. The van der Waals surface area contributed by atoms with Crippen molar-refractivity contribution in [2.45, 2.75) is 13.0 Å². The smallest absolute Gasteiger partial charge is 0.255 e. The van der Waals surface area contributed by atoms with Crippen LogP contribution in [-0.2, 0) is 13.0 Å². The first-order valence-electron chi connectivity index (χ1n) is 9.31. The molecule has 1 heterocycles. The number of para-hydroxylation sites is 1. The van der Waals surface area contributed by atoms with E-state index in [1.54, 1.807) is 29.8 Å². The number of nitrogens with one attached hydrogen (secondary N) is 1. The van der Waals surface area contributed by atoms with Gasteiger partial charge < -0.3 is 10.1 Å². The summed E-state index contributed by atoms with van der Waals surface area (Å²) in [6.07, 6.45) is 0.765. The Kier molecular flexibility index (Phi) is 5.98. The molecule has 29 heavy (non-hydrogen) atoms. The molecule has 0 saturated carbocycles. The van der Waals surface area contributed by atoms with Crippen LogP contribution >= 0.6 is 11.3 Å². The second-order valence-corrected chi connectivity index (χ2v) is 7.29. The van der Waals surface area contributed by atoms with Gasteiger partial charge in [0.1, 0.15) is 12.4 Å². The number of anilines is 1. The molecule has 0 unspecified atom stereocenters. The zero-order chi connectivity index (χ0) is 19.9. The molecule has 0 radical (unpaired) electrons. The van der Waals surface area contributed by atoms with Crippen molar-refractivity contribution in [2.75, 3.05) is 5.32 Å². The van der Waals surface area contributed by atoms with Crippen molar-refractivity contribution in [3.8, 4) is 5.75 Å². The molecule has 0 spiro atoms. The second kappa shape index (κ2) is 9.17. The van der Waals surface area contributed by atoms with E-state index in [4.69, 9.17) is 4.74 Å². The SMILES string of the molecule is O=C(Nc1ccccc1Cc1ccccc1)c1ccc(OCc2cscn2)cc1. The lowest BCUT2D eigenvalue weighted by Crippen LogP contribution is -2.13. The molecule has 0 aliphatic rings. The molecule has 144 valence electrons. The molecule has 3 aromatic carbocycles. The largest absolute Gasteiger partial charge is 0.487 e. The average molecular weight is 401 g/mol. The van der Waals surface area contributed by atoms with Crippen LogP contribution in [0.3, 0.4) is 0 Å². The molecule has 4 rings (SSSR count). The topological polar surface area (TPSA) is 51.2 Å². The van der Waals surface area contributed by atoms with Gasteiger partial charge in [-0.1, -0.05) is 48.5 Å². The number of amides is 1. The van der Waals surface area contributed by atoms with Gasteiger partial charge in [0.15, 0.2) is 0 Å². The Morgan fingerprint density at radius 1 is 0.931 bits per heavy atom. The highest BCUT2D eigenvalue weighted by Crippen LogP contribution is 2.21. The summed E-state index contributed by atoms with van der Waals surface area (Å²) in [5, 5.41) is 4.99. The van der Waals surface area contributed by atoms with Gasteiger partial charge in [0, 0.05) is 16.6 Å². The first-order valence-corrected chi connectivity index (χ1v) is 10.3. The fourth-order valence-electron chi connectivity index (χ4n) is 2.98. The van der Waals surface area contributed by atoms with Crippen LogP contribution in [0.4, 0.5) is 5.69 Å². The summed E-state index contributed by atoms with van der Waals surface area (Å²) in [5.74, 6) is 0.565. The molecule has 4 aromatic rings. The van der Waals surface area contributed by atoms with E-state index < -0.39 is 0 Å². The van der Waals surface area contributed by atoms with E-state index in [1.165, 1.54) is 16.9 Å². The normalized spacial score (nSPS) is 10.5. The third kappa shape index (κ3) is 5.09. The van der Waals surface area contributed by atoms with Crippen molar-refractivity contribution >= 4 is 22.9 Å². The number of ether oxygens (including phenoxy) is 1. The Morgan fingerprint density at radius 2 is 1.69 bits per heavy atom. The van der Waals surface area contributed by atoms with Crippen LogP contribution in [0.5, 0.6) is 5.75 Å². The van der Waals surface area contributed by atoms with Gasteiger partial charge in [0.05, 0.1) is 11.2 Å². The Labute approximate surface area is 173 Å². The number of nitrogens with zero attached hydrogens (tertiary/aromatic N) is 1. The van der Waals surface area contributed by atoms with Crippen molar-refractivity contribution in [1.29, 1.82) is 0 Å². The van der Waals surface area contributed by atoms with Crippen LogP contribution in [0, 0.1) is 0 Å². The first kappa shape index (κ1) is 18.9. The number of benzene rings is 3. The summed E-state index contributed by atoms with van der Waals surface area (Å²) >= 11 is 1.54. The third-order valence-electron chi connectivity index (χ3n) is 4.49. The van der Waals surface area contributed by atoms with Crippen LogP contribution in [0.15, 0.2) is 89.8 Å². The molecular weight excluding hydrogens is 380 g/mol. The van der Waals surface area contributed by atoms with E-state index in [0.29, 0.717) is 17.9 Å². The maximum absolute atomic E-state index is 12.7. The van der Waals surface area contributed by atoms with Gasteiger partial charge in [0.25, 0.3) is 5.91 Å². The fraction of sp³-hybridized carbons (Fsp3) is 0.0833. The lowest BCUT2D eigenvalue weighted by molar-refractivity contribution is 0.102. The lowest BCUT2D eigenvalue weighted by atomic mass is 10.0. The van der Waals surface area contributed by atoms with Crippen molar-refractivity contribution in [3.05, 3.63) is 112 Å². The molecule has 1 amide bonds. The van der Waals surface area contributed by atoms with E-state index in [1.807, 2.05) is 47.8 Å². The number of aromatic nitrogens is 1. The second-order valence-electron chi connectivity index (χ2n) is 6.57. The summed E-state index contributed by atoms with van der Waals surface area (Å²) in [4.78, 5) is 16.9. The standard InChI is InChI=1S/C24H20N2O2S/c27-24(19-10-12-22(13-11-19)28-15-21-16-29-17-25-21)26-23-9-5-4-8-20(23)14-18-6-2-1-3-7-18/h1-13,16-17H,14-15H2,(H,26,27). The van der Waals surface area contributed by atoms with E-state index in [0.717, 1.165) is 23.4 Å². The quantitative estimate of drug-likeness (QED) is 0.441. The first-order chi connectivity index (χ1) is 14.3. The van der Waals surface area contributed by atoms with E-state index in [-0.39, 0.29) is 5.91 Å². The molecular formula is C24H20N2O2S. The molecule has 1 aromatic heterocycles. The number of carbonyl (C=O) groups is 1. The van der Waals surface area contributed by atoms with Gasteiger partial charge in [-0.15, -0.1) is 11.3 Å². The van der Waals surface area contributed by atoms with Crippen LogP contribution in [-0.4, -0.2) is 10.9 Å². The summed E-state index contributed by atoms with van der Waals surface area (Å²) in [5.41, 5.74) is 6.37. The highest BCUT2D eigenvalue weighted by molar-refractivity contribution is 7.07. The molecule has 1 N–H and O–H groups in total. The zero-order valence-electron chi connectivity index (χ0n) is 15.7. The zero-order valence-corrected chi connectivity index (χ0v) is 16.6. The maximum Gasteiger partial charge on any atom is 0.255 e. The molecule has 0 aliphatic heterocycles. The number of hydrogen-bond donors (Lipinski definition) is 1. The van der Waals surface area contributed by atoms with Crippen molar-refractivity contribution in [1.82, 2.24) is 4.98 Å². The Bertz CT molecular complexity index is 1060. The molecule has 0 saturated heterocycles. The van der Waals surface area contributed by atoms with Crippen LogP contribution < -0.4 is 10.1 Å². The van der Waals surface area contributed by atoms with E-state index >= 15 is 0 Å². The Balaban J connectivity index is 1.41. The Morgan fingerprint density at radius 3 is 2.45 bits per heavy atom. The van der Waals surface area contributed by atoms with E-state index in [2.05, 4.69) is 22.4 Å². The minimum absolute atomic E-state index is 0.142. The van der Waals surface area contributed by atoms with Gasteiger partial charge in [-0.25, -0.2) is 4.98 Å². The van der Waals surface area contributed by atoms with Gasteiger partial charge in [-0.2, -0.15) is 0 Å². The van der Waals surface area contributed by atoms with Gasteiger partial charge in [-0.05, 0) is 47.9 Å². The van der Waals surface area contributed by atoms with Crippen molar-refractivity contribution < 1.29 is 9.53 Å². The number of rotatable bonds is 7. The number of thiazole rings is 1. The predicted molar refractivity (Wildman–Crippen MR) is 117 cm³/mol. The highest BCUT2D eigenvalue weighted by Gasteiger charge is 2.10. The highest BCUT2D eigenvalue weighted by atomic mass is 32.1. The molecule has 4 nitrogen and oxygen atoms in total. The van der Waals surface area contributed by atoms with E-state index in [9.17, 15) is 4.79 Å². The number of carbonyl (C=O) groups excluding carboxylic acids is 1. The molecule has 0 atom stereocenters. The minimum Gasteiger partial charge on any atom is -0.487 e. The fourth-order valence-corrected chi connectivity index (χ4v) is 3.52. The van der Waals surface area contributed by atoms with Crippen LogP contribution in [0.2, 0.25) is 0 Å². The van der Waals surface area contributed by atoms with Gasteiger partial charge in [-0.3, -0.25) is 4.79 Å². The summed E-state index contributed by atoms with van der Waals surface area (Å²) in [6.45, 7) is 0.419. The monoisotopic (exact) mass is 400 g/mol. The summed E-state index contributed by atoms with van der Waals surface area (Å²) in [6, 6.07) is 25.3. The third-order valence-corrected chi connectivity index (χ3v) is 5.12. The van der Waals surface area contributed by atoms with Crippen LogP contribution in [0.25, 0.3) is 0 Å². The van der Waals surface area contributed by atoms with Gasteiger partial charge >= 0.3 is 0 Å². The summed E-state index contributed by atoms with van der Waals surface area (Å²) in [7, 11) is 0. The van der Waals surface area contributed by atoms with Crippen molar-refractivity contribution in [3.63, 3.8) is 0 Å². The number of hydrogen-bond acceptors (Lipinski definition) is 4.